The van der Waals surface area contributed by atoms with E-state index in [-0.39, 0.29) is 11.9 Å². The Balaban J connectivity index is 1.80. The molecule has 102 valence electrons. The van der Waals surface area contributed by atoms with Crippen LogP contribution in [-0.2, 0) is 9.53 Å². The Bertz CT molecular complexity index is 475. The van der Waals surface area contributed by atoms with Crippen LogP contribution in [0.2, 0.25) is 0 Å². The van der Waals surface area contributed by atoms with Gasteiger partial charge in [-0.05, 0) is 25.0 Å². The molecule has 1 aliphatic carbocycles. The highest BCUT2D eigenvalue weighted by Gasteiger charge is 2.34. The minimum atomic E-state index is -0.319. The van der Waals surface area contributed by atoms with Gasteiger partial charge < -0.3 is 20.7 Å². The Morgan fingerprint density at radius 2 is 2.37 bits per heavy atom. The summed E-state index contributed by atoms with van der Waals surface area (Å²) in [6.07, 6.45) is 3.81. The molecule has 0 radical (unpaired) electrons. The molecule has 6 heteroatoms. The van der Waals surface area contributed by atoms with Crippen LogP contribution in [0.15, 0.2) is 18.3 Å². The number of rotatable bonds is 3. The van der Waals surface area contributed by atoms with Crippen molar-refractivity contribution in [2.45, 2.75) is 24.9 Å². The number of nitrogens with two attached hydrogens (primary N) is 1. The molecule has 1 atom stereocenters. The van der Waals surface area contributed by atoms with Crippen LogP contribution < -0.4 is 16.0 Å². The lowest BCUT2D eigenvalue weighted by atomic mass is 10.2. The van der Waals surface area contributed by atoms with Gasteiger partial charge in [0.05, 0.1) is 18.9 Å². The zero-order chi connectivity index (χ0) is 13.2. The second-order valence-electron chi connectivity index (χ2n) is 4.97. The van der Waals surface area contributed by atoms with Gasteiger partial charge in [0.2, 0.25) is 5.91 Å². The van der Waals surface area contributed by atoms with E-state index in [0.717, 1.165) is 18.5 Å². The van der Waals surface area contributed by atoms with E-state index in [0.29, 0.717) is 31.6 Å². The van der Waals surface area contributed by atoms with Crippen molar-refractivity contribution in [2.75, 3.05) is 30.4 Å². The van der Waals surface area contributed by atoms with E-state index in [1.54, 1.807) is 6.20 Å². The van der Waals surface area contributed by atoms with Gasteiger partial charge in [-0.15, -0.1) is 0 Å². The molecule has 2 aliphatic rings. The number of amides is 1. The highest BCUT2D eigenvalue weighted by atomic mass is 16.5. The molecule has 19 heavy (non-hydrogen) atoms. The molecule has 0 spiro atoms. The number of nitrogen functional groups attached to an aromatic ring is 1. The van der Waals surface area contributed by atoms with Crippen LogP contribution in [0.3, 0.4) is 0 Å². The molecule has 6 nitrogen and oxygen atoms in total. The fourth-order valence-corrected chi connectivity index (χ4v) is 2.29. The zero-order valence-corrected chi connectivity index (χ0v) is 10.7. The largest absolute Gasteiger partial charge is 0.382 e. The standard InChI is InChI=1S/C13H18N4O2/c14-12-10(2-1-5-15-12)17-6-7-19-8-11(17)13(18)16-9-3-4-9/h1-2,5,9,11H,3-4,6-8H2,(H2,14,15)(H,16,18). The Hall–Kier alpha value is -1.82. The average Bonchev–Trinajstić information content (AvgIpc) is 3.23. The lowest BCUT2D eigenvalue weighted by molar-refractivity contribution is -0.124. The number of nitrogens with zero attached hydrogens (tertiary/aromatic N) is 2. The van der Waals surface area contributed by atoms with Gasteiger partial charge in [0.1, 0.15) is 11.9 Å². The minimum Gasteiger partial charge on any atom is -0.382 e. The summed E-state index contributed by atoms with van der Waals surface area (Å²) in [5, 5.41) is 3.02. The van der Waals surface area contributed by atoms with Gasteiger partial charge >= 0.3 is 0 Å². The Morgan fingerprint density at radius 3 is 3.11 bits per heavy atom. The zero-order valence-electron chi connectivity index (χ0n) is 10.7. The summed E-state index contributed by atoms with van der Waals surface area (Å²) in [5.74, 6) is 0.471. The van der Waals surface area contributed by atoms with Crippen molar-refractivity contribution in [2.24, 2.45) is 0 Å². The van der Waals surface area contributed by atoms with E-state index in [1.165, 1.54) is 0 Å². The van der Waals surface area contributed by atoms with Crippen molar-refractivity contribution in [1.82, 2.24) is 10.3 Å². The van der Waals surface area contributed by atoms with E-state index >= 15 is 0 Å². The predicted octanol–water partition coefficient (Wildman–Crippen LogP) is 0.148. The molecule has 1 aromatic heterocycles. The van der Waals surface area contributed by atoms with Gasteiger partial charge in [0.15, 0.2) is 0 Å². The van der Waals surface area contributed by atoms with E-state index in [9.17, 15) is 4.79 Å². The smallest absolute Gasteiger partial charge is 0.245 e. The summed E-state index contributed by atoms with van der Waals surface area (Å²) in [5.41, 5.74) is 6.71. The highest BCUT2D eigenvalue weighted by Crippen LogP contribution is 2.25. The first-order valence-corrected chi connectivity index (χ1v) is 6.61. The summed E-state index contributed by atoms with van der Waals surface area (Å²) in [6.45, 7) is 1.65. The van der Waals surface area contributed by atoms with E-state index < -0.39 is 0 Å². The number of carbonyl (C=O) groups excluding carboxylic acids is 1. The van der Waals surface area contributed by atoms with Gasteiger partial charge in [-0.3, -0.25) is 4.79 Å². The van der Waals surface area contributed by atoms with Gasteiger partial charge in [-0.1, -0.05) is 0 Å². The van der Waals surface area contributed by atoms with Crippen molar-refractivity contribution < 1.29 is 9.53 Å². The van der Waals surface area contributed by atoms with Gasteiger partial charge in [-0.25, -0.2) is 4.98 Å². The lowest BCUT2D eigenvalue weighted by Gasteiger charge is -2.36. The molecule has 1 saturated heterocycles. The number of hydrogen-bond donors (Lipinski definition) is 2. The van der Waals surface area contributed by atoms with Gasteiger partial charge in [-0.2, -0.15) is 0 Å². The van der Waals surface area contributed by atoms with Crippen molar-refractivity contribution in [3.63, 3.8) is 0 Å². The molecule has 1 saturated carbocycles. The predicted molar refractivity (Wildman–Crippen MR) is 71.8 cm³/mol. The maximum absolute atomic E-state index is 12.2. The molecule has 1 aliphatic heterocycles. The maximum Gasteiger partial charge on any atom is 0.245 e. The third-order valence-electron chi connectivity index (χ3n) is 3.48. The summed E-state index contributed by atoms with van der Waals surface area (Å²) in [7, 11) is 0. The number of carbonyl (C=O) groups is 1. The first-order valence-electron chi connectivity index (χ1n) is 6.61. The maximum atomic E-state index is 12.2. The minimum absolute atomic E-state index is 0.0189. The fourth-order valence-electron chi connectivity index (χ4n) is 2.29. The van der Waals surface area contributed by atoms with Crippen molar-refractivity contribution >= 4 is 17.4 Å². The van der Waals surface area contributed by atoms with E-state index in [4.69, 9.17) is 10.5 Å². The number of pyridine rings is 1. The number of hydrogen-bond acceptors (Lipinski definition) is 5. The highest BCUT2D eigenvalue weighted by molar-refractivity contribution is 5.87. The molecular formula is C13H18N4O2. The van der Waals surface area contributed by atoms with Crippen LogP contribution in [0.1, 0.15) is 12.8 Å². The van der Waals surface area contributed by atoms with Crippen molar-refractivity contribution in [3.8, 4) is 0 Å². The van der Waals surface area contributed by atoms with Gasteiger partial charge in [0.25, 0.3) is 0 Å². The quantitative estimate of drug-likeness (QED) is 0.810. The van der Waals surface area contributed by atoms with Crippen LogP contribution >= 0.6 is 0 Å². The van der Waals surface area contributed by atoms with Crippen LogP contribution in [0.4, 0.5) is 11.5 Å². The first kappa shape index (κ1) is 12.2. The molecule has 0 aromatic carbocycles. The molecular weight excluding hydrogens is 244 g/mol. The van der Waals surface area contributed by atoms with Crippen LogP contribution in [0, 0.1) is 0 Å². The lowest BCUT2D eigenvalue weighted by Crippen LogP contribution is -2.54. The molecule has 1 amide bonds. The summed E-state index contributed by atoms with van der Waals surface area (Å²) in [6, 6.07) is 3.76. The number of nitrogens with one attached hydrogen (secondary N) is 1. The second kappa shape index (κ2) is 5.05. The average molecular weight is 262 g/mol. The molecule has 1 aromatic rings. The molecule has 1 unspecified atom stereocenters. The van der Waals surface area contributed by atoms with Crippen LogP contribution in [0.25, 0.3) is 0 Å². The Labute approximate surface area is 111 Å². The van der Waals surface area contributed by atoms with Crippen molar-refractivity contribution in [1.29, 1.82) is 0 Å². The number of aromatic nitrogens is 1. The Morgan fingerprint density at radius 1 is 1.53 bits per heavy atom. The summed E-state index contributed by atoms with van der Waals surface area (Å²) < 4.78 is 5.43. The second-order valence-corrected chi connectivity index (χ2v) is 4.97. The molecule has 3 rings (SSSR count). The number of morpholine rings is 1. The molecule has 2 heterocycles. The Kier molecular flexibility index (Phi) is 3.25. The third kappa shape index (κ3) is 2.63. The van der Waals surface area contributed by atoms with Crippen LogP contribution in [-0.4, -0.2) is 42.7 Å². The third-order valence-corrected chi connectivity index (χ3v) is 3.48. The SMILES string of the molecule is Nc1ncccc1N1CCOCC1C(=O)NC1CC1. The first-order chi connectivity index (χ1) is 9.25. The molecule has 3 N–H and O–H groups in total. The fraction of sp³-hybridized carbons (Fsp3) is 0.538. The topological polar surface area (TPSA) is 80.5 Å². The number of anilines is 2. The van der Waals surface area contributed by atoms with Gasteiger partial charge in [0, 0.05) is 18.8 Å². The monoisotopic (exact) mass is 262 g/mol. The normalized spacial score (nSPS) is 23.2. The summed E-state index contributed by atoms with van der Waals surface area (Å²) in [4.78, 5) is 18.3. The van der Waals surface area contributed by atoms with Crippen molar-refractivity contribution in [3.05, 3.63) is 18.3 Å². The van der Waals surface area contributed by atoms with Crippen LogP contribution in [0.5, 0.6) is 0 Å². The van der Waals surface area contributed by atoms with E-state index in [1.807, 2.05) is 17.0 Å². The summed E-state index contributed by atoms with van der Waals surface area (Å²) >= 11 is 0. The van der Waals surface area contributed by atoms with E-state index in [2.05, 4.69) is 10.3 Å². The molecule has 2 fully saturated rings. The number of ether oxygens (including phenoxy) is 1. The molecule has 0 bridgehead atoms.